The molecule has 0 spiro atoms. The molecular formula is C22H25FN2O4. The number of nitrogens with zero attached hydrogens (tertiary/aromatic N) is 1. The van der Waals surface area contributed by atoms with Crippen molar-refractivity contribution in [2.24, 2.45) is 0 Å². The lowest BCUT2D eigenvalue weighted by molar-refractivity contribution is -0.122. The molecule has 1 fully saturated rings. The highest BCUT2D eigenvalue weighted by molar-refractivity contribution is 5.95. The number of nitrogens with one attached hydrogen (secondary N) is 1. The second-order valence-electron chi connectivity index (χ2n) is 6.96. The van der Waals surface area contributed by atoms with Crippen LogP contribution in [0.1, 0.15) is 28.8 Å². The third-order valence-electron chi connectivity index (χ3n) is 5.05. The number of methoxy groups -OCH3 is 1. The van der Waals surface area contributed by atoms with Gasteiger partial charge in [-0.15, -0.1) is 0 Å². The van der Waals surface area contributed by atoms with Crippen LogP contribution in [0.4, 0.5) is 4.39 Å². The molecule has 154 valence electrons. The van der Waals surface area contributed by atoms with E-state index in [0.717, 1.165) is 18.4 Å². The molecule has 1 aliphatic rings. The Labute approximate surface area is 169 Å². The quantitative estimate of drug-likeness (QED) is 0.776. The Morgan fingerprint density at radius 3 is 2.76 bits per heavy atom. The van der Waals surface area contributed by atoms with Crippen molar-refractivity contribution in [1.29, 1.82) is 0 Å². The maximum absolute atomic E-state index is 13.5. The number of likely N-dealkylation sites (N-methyl/N-ethyl adjacent to an activating group) is 1. The summed E-state index contributed by atoms with van der Waals surface area (Å²) in [5, 5.41) is 2.48. The van der Waals surface area contributed by atoms with Gasteiger partial charge in [0.25, 0.3) is 11.8 Å². The van der Waals surface area contributed by atoms with Gasteiger partial charge in [-0.25, -0.2) is 4.39 Å². The van der Waals surface area contributed by atoms with E-state index in [2.05, 4.69) is 5.32 Å². The molecule has 0 saturated carbocycles. The van der Waals surface area contributed by atoms with Crippen LogP contribution in [-0.4, -0.2) is 50.1 Å². The Balaban J connectivity index is 1.73. The average molecular weight is 400 g/mol. The lowest BCUT2D eigenvalue weighted by Gasteiger charge is -2.25. The zero-order valence-corrected chi connectivity index (χ0v) is 16.6. The first-order valence-corrected chi connectivity index (χ1v) is 9.58. The topological polar surface area (TPSA) is 67.9 Å². The van der Waals surface area contributed by atoms with Crippen LogP contribution in [0.15, 0.2) is 42.5 Å². The van der Waals surface area contributed by atoms with E-state index >= 15 is 0 Å². The average Bonchev–Trinajstić information content (AvgIpc) is 3.19. The third-order valence-corrected chi connectivity index (χ3v) is 5.05. The molecule has 2 aromatic rings. The Hall–Kier alpha value is -3.09. The number of carbonyl (C=O) groups excluding carboxylic acids is 2. The van der Waals surface area contributed by atoms with Gasteiger partial charge in [0.15, 0.2) is 18.1 Å². The van der Waals surface area contributed by atoms with Gasteiger partial charge in [-0.05, 0) is 55.2 Å². The van der Waals surface area contributed by atoms with E-state index in [1.807, 2.05) is 11.0 Å². The first kappa shape index (κ1) is 20.6. The number of carbonyl (C=O) groups is 2. The van der Waals surface area contributed by atoms with Crippen LogP contribution in [-0.2, 0) is 11.2 Å². The van der Waals surface area contributed by atoms with Gasteiger partial charge in [-0.1, -0.05) is 12.1 Å². The summed E-state index contributed by atoms with van der Waals surface area (Å²) >= 11 is 0. The first-order valence-electron chi connectivity index (χ1n) is 9.58. The molecule has 0 aromatic heterocycles. The SMILES string of the molecule is CNC(=O)COc1ccc(C(=O)N2CCCC2Cc2cccc(F)c2)cc1OC. The molecule has 6 nitrogen and oxygen atoms in total. The summed E-state index contributed by atoms with van der Waals surface area (Å²) in [6, 6.07) is 11.5. The van der Waals surface area contributed by atoms with E-state index in [-0.39, 0.29) is 30.3 Å². The smallest absolute Gasteiger partial charge is 0.257 e. The molecule has 7 heteroatoms. The van der Waals surface area contributed by atoms with Crippen molar-refractivity contribution in [2.45, 2.75) is 25.3 Å². The molecule has 3 rings (SSSR count). The molecule has 2 amide bonds. The number of amides is 2. The highest BCUT2D eigenvalue weighted by atomic mass is 19.1. The highest BCUT2D eigenvalue weighted by Crippen LogP contribution is 2.30. The minimum absolute atomic E-state index is 0.0273. The monoisotopic (exact) mass is 400 g/mol. The van der Waals surface area contributed by atoms with Gasteiger partial charge >= 0.3 is 0 Å². The molecule has 0 bridgehead atoms. The second kappa shape index (κ2) is 9.41. The number of hydrogen-bond donors (Lipinski definition) is 1. The number of halogens is 1. The van der Waals surface area contributed by atoms with Crippen molar-refractivity contribution in [3.05, 3.63) is 59.4 Å². The molecule has 2 aromatic carbocycles. The van der Waals surface area contributed by atoms with E-state index in [1.54, 1.807) is 24.3 Å². The van der Waals surface area contributed by atoms with Crippen molar-refractivity contribution in [3.63, 3.8) is 0 Å². The second-order valence-corrected chi connectivity index (χ2v) is 6.96. The van der Waals surface area contributed by atoms with Gasteiger partial charge in [0.1, 0.15) is 5.82 Å². The van der Waals surface area contributed by atoms with Crippen molar-refractivity contribution < 1.29 is 23.5 Å². The molecule has 1 saturated heterocycles. The minimum Gasteiger partial charge on any atom is -0.493 e. The van der Waals surface area contributed by atoms with E-state index in [1.165, 1.54) is 26.3 Å². The third kappa shape index (κ3) is 5.04. The maximum Gasteiger partial charge on any atom is 0.257 e. The van der Waals surface area contributed by atoms with Crippen LogP contribution in [0.25, 0.3) is 0 Å². The highest BCUT2D eigenvalue weighted by Gasteiger charge is 2.30. The zero-order valence-electron chi connectivity index (χ0n) is 16.6. The number of rotatable bonds is 7. The summed E-state index contributed by atoms with van der Waals surface area (Å²) in [6.45, 7) is 0.526. The summed E-state index contributed by atoms with van der Waals surface area (Å²) < 4.78 is 24.3. The molecular weight excluding hydrogens is 375 g/mol. The van der Waals surface area contributed by atoms with E-state index in [4.69, 9.17) is 9.47 Å². The predicted octanol–water partition coefficient (Wildman–Crippen LogP) is 2.81. The minimum atomic E-state index is -0.268. The van der Waals surface area contributed by atoms with Gasteiger partial charge in [0, 0.05) is 25.2 Å². The maximum atomic E-state index is 13.5. The molecule has 0 radical (unpaired) electrons. The summed E-state index contributed by atoms with van der Waals surface area (Å²) in [7, 11) is 3.01. The van der Waals surface area contributed by atoms with Crippen LogP contribution >= 0.6 is 0 Å². The van der Waals surface area contributed by atoms with E-state index in [9.17, 15) is 14.0 Å². The summed E-state index contributed by atoms with van der Waals surface area (Å²) in [6.07, 6.45) is 2.41. The fraction of sp³-hybridized carbons (Fsp3) is 0.364. The molecule has 29 heavy (non-hydrogen) atoms. The van der Waals surface area contributed by atoms with Crippen molar-refractivity contribution in [2.75, 3.05) is 27.3 Å². The number of likely N-dealkylation sites (tertiary alicyclic amines) is 1. The van der Waals surface area contributed by atoms with Crippen molar-refractivity contribution in [1.82, 2.24) is 10.2 Å². The lowest BCUT2D eigenvalue weighted by Crippen LogP contribution is -2.36. The molecule has 1 aliphatic heterocycles. The fourth-order valence-corrected chi connectivity index (χ4v) is 3.55. The molecule has 1 N–H and O–H groups in total. The summed E-state index contributed by atoms with van der Waals surface area (Å²) in [5.41, 5.74) is 1.37. The Morgan fingerprint density at radius 1 is 1.21 bits per heavy atom. The first-order chi connectivity index (χ1) is 14.0. The molecule has 1 atom stereocenters. The van der Waals surface area contributed by atoms with Gasteiger partial charge in [-0.3, -0.25) is 9.59 Å². The molecule has 0 aliphatic carbocycles. The van der Waals surface area contributed by atoms with Crippen LogP contribution in [0.3, 0.4) is 0 Å². The summed E-state index contributed by atoms with van der Waals surface area (Å²) in [5.74, 6) is 0.158. The van der Waals surface area contributed by atoms with Gasteiger partial charge in [0.05, 0.1) is 7.11 Å². The van der Waals surface area contributed by atoms with Crippen LogP contribution in [0.5, 0.6) is 11.5 Å². The van der Waals surface area contributed by atoms with Gasteiger partial charge in [-0.2, -0.15) is 0 Å². The standard InChI is InChI=1S/C22H25FN2O4/c1-24-21(26)14-29-19-9-8-16(13-20(19)28-2)22(27)25-10-4-7-18(25)12-15-5-3-6-17(23)11-15/h3,5-6,8-9,11,13,18H,4,7,10,12,14H2,1-2H3,(H,24,26). The molecule has 1 heterocycles. The van der Waals surface area contributed by atoms with Crippen LogP contribution in [0.2, 0.25) is 0 Å². The largest absolute Gasteiger partial charge is 0.493 e. The van der Waals surface area contributed by atoms with Crippen molar-refractivity contribution in [3.8, 4) is 11.5 Å². The van der Waals surface area contributed by atoms with Crippen LogP contribution in [0, 0.1) is 5.82 Å². The number of ether oxygens (including phenoxy) is 2. The number of hydrogen-bond acceptors (Lipinski definition) is 4. The predicted molar refractivity (Wildman–Crippen MR) is 107 cm³/mol. The molecule has 1 unspecified atom stereocenters. The Kier molecular flexibility index (Phi) is 6.69. The van der Waals surface area contributed by atoms with E-state index < -0.39 is 0 Å². The van der Waals surface area contributed by atoms with E-state index in [0.29, 0.717) is 30.0 Å². The van der Waals surface area contributed by atoms with Gasteiger partial charge < -0.3 is 19.7 Å². The number of benzene rings is 2. The van der Waals surface area contributed by atoms with Crippen molar-refractivity contribution >= 4 is 11.8 Å². The fourth-order valence-electron chi connectivity index (χ4n) is 3.55. The lowest BCUT2D eigenvalue weighted by atomic mass is 10.0. The normalized spacial score (nSPS) is 15.8. The summed E-state index contributed by atoms with van der Waals surface area (Å²) in [4.78, 5) is 26.3. The zero-order chi connectivity index (χ0) is 20.8. The van der Waals surface area contributed by atoms with Gasteiger partial charge in [0.2, 0.25) is 0 Å². The van der Waals surface area contributed by atoms with Crippen LogP contribution < -0.4 is 14.8 Å². The Bertz CT molecular complexity index is 887. The Morgan fingerprint density at radius 2 is 2.03 bits per heavy atom.